The number of carbonyl (C=O) groups is 2. The second-order valence-electron chi connectivity index (χ2n) is 8.20. The molecule has 166 valence electrons. The standard InChI is InChI=1S/C26H30N4O2/c1-2-24-23(17-28-30(24)18-20-9-4-3-5-10-20)26(32)27-15-8-13-25(31)29-16-14-21-11-6-7-12-22(21)19-29/h3-7,9-12,17H,2,8,13-16,18-19H2,1H3,(H,27,32). The van der Waals surface area contributed by atoms with Crippen LogP contribution < -0.4 is 5.32 Å². The Morgan fingerprint density at radius 1 is 1.03 bits per heavy atom. The minimum absolute atomic E-state index is 0.125. The molecule has 32 heavy (non-hydrogen) atoms. The summed E-state index contributed by atoms with van der Waals surface area (Å²) in [5.74, 6) is 0.0270. The van der Waals surface area contributed by atoms with Gasteiger partial charge in [-0.2, -0.15) is 5.10 Å². The quantitative estimate of drug-likeness (QED) is 0.556. The molecule has 2 amide bonds. The van der Waals surface area contributed by atoms with E-state index in [0.717, 1.165) is 30.6 Å². The SMILES string of the molecule is CCc1c(C(=O)NCCCC(=O)N2CCc3ccccc3C2)cnn1Cc1ccccc1. The lowest BCUT2D eigenvalue weighted by Crippen LogP contribution is -2.36. The van der Waals surface area contributed by atoms with Gasteiger partial charge in [0.15, 0.2) is 0 Å². The van der Waals surface area contributed by atoms with Crippen molar-refractivity contribution in [2.24, 2.45) is 0 Å². The van der Waals surface area contributed by atoms with E-state index >= 15 is 0 Å². The van der Waals surface area contributed by atoms with Gasteiger partial charge in [0.1, 0.15) is 0 Å². The summed E-state index contributed by atoms with van der Waals surface area (Å²) in [7, 11) is 0. The number of amides is 2. The molecule has 1 aliphatic rings. The number of rotatable bonds is 8. The second kappa shape index (κ2) is 10.3. The van der Waals surface area contributed by atoms with Crippen LogP contribution in [0.25, 0.3) is 0 Å². The highest BCUT2D eigenvalue weighted by Gasteiger charge is 2.20. The molecule has 0 unspecified atom stereocenters. The molecule has 1 aromatic heterocycles. The summed E-state index contributed by atoms with van der Waals surface area (Å²) in [6, 6.07) is 18.4. The Morgan fingerprint density at radius 2 is 1.78 bits per heavy atom. The molecule has 0 aliphatic carbocycles. The summed E-state index contributed by atoms with van der Waals surface area (Å²) in [6.07, 6.45) is 4.35. The van der Waals surface area contributed by atoms with Crippen LogP contribution in [0.2, 0.25) is 0 Å². The molecule has 6 nitrogen and oxygen atoms in total. The van der Waals surface area contributed by atoms with Crippen molar-refractivity contribution in [3.05, 3.63) is 88.7 Å². The monoisotopic (exact) mass is 430 g/mol. The van der Waals surface area contributed by atoms with Crippen molar-refractivity contribution in [1.82, 2.24) is 20.0 Å². The van der Waals surface area contributed by atoms with Crippen LogP contribution in [0.5, 0.6) is 0 Å². The van der Waals surface area contributed by atoms with Gasteiger partial charge in [0, 0.05) is 26.1 Å². The third kappa shape index (κ3) is 5.07. The number of hydrogen-bond donors (Lipinski definition) is 1. The van der Waals surface area contributed by atoms with Crippen molar-refractivity contribution in [2.75, 3.05) is 13.1 Å². The molecule has 1 N–H and O–H groups in total. The maximum atomic E-state index is 12.7. The molecule has 0 bridgehead atoms. The Morgan fingerprint density at radius 3 is 2.56 bits per heavy atom. The first-order valence-corrected chi connectivity index (χ1v) is 11.4. The number of nitrogens with one attached hydrogen (secondary N) is 1. The lowest BCUT2D eigenvalue weighted by molar-refractivity contribution is -0.132. The van der Waals surface area contributed by atoms with Gasteiger partial charge in [-0.25, -0.2) is 0 Å². The van der Waals surface area contributed by atoms with Crippen LogP contribution in [-0.2, 0) is 30.7 Å². The maximum Gasteiger partial charge on any atom is 0.254 e. The van der Waals surface area contributed by atoms with Gasteiger partial charge in [0.2, 0.25) is 5.91 Å². The van der Waals surface area contributed by atoms with Crippen molar-refractivity contribution in [1.29, 1.82) is 0 Å². The highest BCUT2D eigenvalue weighted by atomic mass is 16.2. The summed E-state index contributed by atoms with van der Waals surface area (Å²) >= 11 is 0. The summed E-state index contributed by atoms with van der Waals surface area (Å²) in [6.45, 7) is 4.60. The molecule has 0 radical (unpaired) electrons. The smallest absolute Gasteiger partial charge is 0.254 e. The zero-order chi connectivity index (χ0) is 22.3. The van der Waals surface area contributed by atoms with Crippen LogP contribution in [0.1, 0.15) is 52.5 Å². The van der Waals surface area contributed by atoms with Crippen LogP contribution in [0.4, 0.5) is 0 Å². The fraction of sp³-hybridized carbons (Fsp3) is 0.346. The van der Waals surface area contributed by atoms with Crippen molar-refractivity contribution in [3.63, 3.8) is 0 Å². The van der Waals surface area contributed by atoms with E-state index in [1.54, 1.807) is 6.20 Å². The van der Waals surface area contributed by atoms with E-state index in [2.05, 4.69) is 34.7 Å². The predicted octanol–water partition coefficient (Wildman–Crippen LogP) is 3.59. The number of benzene rings is 2. The van der Waals surface area contributed by atoms with Crippen molar-refractivity contribution in [3.8, 4) is 0 Å². The molecule has 0 fully saturated rings. The molecule has 3 aromatic rings. The van der Waals surface area contributed by atoms with E-state index in [4.69, 9.17) is 0 Å². The number of nitrogens with zero attached hydrogens (tertiary/aromatic N) is 3. The summed E-state index contributed by atoms with van der Waals surface area (Å²) in [5.41, 5.74) is 5.26. The first kappa shape index (κ1) is 21.8. The Bertz CT molecular complexity index is 1070. The number of aromatic nitrogens is 2. The highest BCUT2D eigenvalue weighted by molar-refractivity contribution is 5.95. The molecule has 0 atom stereocenters. The topological polar surface area (TPSA) is 67.2 Å². The van der Waals surface area contributed by atoms with E-state index in [1.807, 2.05) is 46.8 Å². The number of fused-ring (bicyclic) bond motifs is 1. The zero-order valence-electron chi connectivity index (χ0n) is 18.6. The average molecular weight is 431 g/mol. The molecular weight excluding hydrogens is 400 g/mol. The third-order valence-corrected chi connectivity index (χ3v) is 6.04. The molecule has 2 aromatic carbocycles. The van der Waals surface area contributed by atoms with Gasteiger partial charge in [-0.05, 0) is 36.0 Å². The molecule has 6 heteroatoms. The minimum Gasteiger partial charge on any atom is -0.352 e. The largest absolute Gasteiger partial charge is 0.352 e. The molecule has 4 rings (SSSR count). The average Bonchev–Trinajstić information content (AvgIpc) is 3.24. The molecule has 0 saturated heterocycles. The van der Waals surface area contributed by atoms with Crippen LogP contribution in [0.15, 0.2) is 60.8 Å². The Hall–Kier alpha value is -3.41. The highest BCUT2D eigenvalue weighted by Crippen LogP contribution is 2.19. The van der Waals surface area contributed by atoms with E-state index in [-0.39, 0.29) is 11.8 Å². The zero-order valence-corrected chi connectivity index (χ0v) is 18.6. The molecular formula is C26H30N4O2. The summed E-state index contributed by atoms with van der Waals surface area (Å²) in [5, 5.41) is 7.40. The molecule has 2 heterocycles. The van der Waals surface area contributed by atoms with Crippen molar-refractivity contribution >= 4 is 11.8 Å². The summed E-state index contributed by atoms with van der Waals surface area (Å²) < 4.78 is 1.89. The van der Waals surface area contributed by atoms with Crippen LogP contribution in [0.3, 0.4) is 0 Å². The van der Waals surface area contributed by atoms with E-state index < -0.39 is 0 Å². The fourth-order valence-corrected chi connectivity index (χ4v) is 4.27. The van der Waals surface area contributed by atoms with Gasteiger partial charge in [-0.3, -0.25) is 14.3 Å². The van der Waals surface area contributed by atoms with Gasteiger partial charge in [-0.1, -0.05) is 61.5 Å². The van der Waals surface area contributed by atoms with Crippen LogP contribution >= 0.6 is 0 Å². The van der Waals surface area contributed by atoms with Crippen molar-refractivity contribution < 1.29 is 9.59 Å². The van der Waals surface area contributed by atoms with E-state index in [0.29, 0.717) is 38.0 Å². The third-order valence-electron chi connectivity index (χ3n) is 6.04. The van der Waals surface area contributed by atoms with Crippen LogP contribution in [0, 0.1) is 0 Å². The molecule has 0 saturated carbocycles. The normalized spacial score (nSPS) is 13.0. The Kier molecular flexibility index (Phi) is 7.00. The first-order valence-electron chi connectivity index (χ1n) is 11.4. The number of carbonyl (C=O) groups excluding carboxylic acids is 2. The summed E-state index contributed by atoms with van der Waals surface area (Å²) in [4.78, 5) is 27.2. The Labute approximate surface area is 189 Å². The Balaban J connectivity index is 1.26. The minimum atomic E-state index is -0.125. The lowest BCUT2D eigenvalue weighted by atomic mass is 9.99. The van der Waals surface area contributed by atoms with Gasteiger partial charge in [-0.15, -0.1) is 0 Å². The number of hydrogen-bond acceptors (Lipinski definition) is 3. The predicted molar refractivity (Wildman–Crippen MR) is 124 cm³/mol. The lowest BCUT2D eigenvalue weighted by Gasteiger charge is -2.29. The second-order valence-corrected chi connectivity index (χ2v) is 8.20. The first-order chi connectivity index (χ1) is 15.7. The van der Waals surface area contributed by atoms with Crippen LogP contribution in [-0.4, -0.2) is 39.6 Å². The fourth-order valence-electron chi connectivity index (χ4n) is 4.27. The van der Waals surface area contributed by atoms with Gasteiger partial charge >= 0.3 is 0 Å². The van der Waals surface area contributed by atoms with Crippen molar-refractivity contribution in [2.45, 2.75) is 45.7 Å². The van der Waals surface area contributed by atoms with E-state index in [9.17, 15) is 9.59 Å². The molecule has 0 spiro atoms. The van der Waals surface area contributed by atoms with E-state index in [1.165, 1.54) is 11.1 Å². The van der Waals surface area contributed by atoms with Gasteiger partial charge in [0.25, 0.3) is 5.91 Å². The molecule has 1 aliphatic heterocycles. The van der Waals surface area contributed by atoms with Gasteiger partial charge < -0.3 is 10.2 Å². The van der Waals surface area contributed by atoms with Gasteiger partial charge in [0.05, 0.1) is 24.0 Å². The maximum absolute atomic E-state index is 12.7.